The maximum absolute atomic E-state index is 11.4. The molecule has 0 saturated carbocycles. The highest BCUT2D eigenvalue weighted by atomic mass is 16.5. The zero-order valence-electron chi connectivity index (χ0n) is 14.9. The van der Waals surface area contributed by atoms with Crippen LogP contribution in [0.15, 0.2) is 12.3 Å². The van der Waals surface area contributed by atoms with Crippen molar-refractivity contribution >= 4 is 18.1 Å². The second-order valence-electron chi connectivity index (χ2n) is 6.60. The van der Waals surface area contributed by atoms with Crippen molar-refractivity contribution in [2.75, 3.05) is 7.05 Å². The van der Waals surface area contributed by atoms with E-state index in [2.05, 4.69) is 43.1 Å². The Morgan fingerprint density at radius 1 is 1.52 bits per heavy atom. The summed E-state index contributed by atoms with van der Waals surface area (Å²) >= 11 is 0. The van der Waals surface area contributed by atoms with Crippen LogP contribution in [-0.4, -0.2) is 34.9 Å². The molecule has 1 aromatic rings. The van der Waals surface area contributed by atoms with E-state index < -0.39 is 0 Å². The van der Waals surface area contributed by atoms with Gasteiger partial charge in [-0.3, -0.25) is 0 Å². The SMILES string of the molecule is CC[C@@H](CC(C)=O)[C@@H](C)Oc1nccc2c1=CN(C)[C@@H](C)CC=2. The molecule has 126 valence electrons. The molecule has 4 heteroatoms. The third-order valence-electron chi connectivity index (χ3n) is 4.73. The quantitative estimate of drug-likeness (QED) is 0.806. The number of rotatable bonds is 6. The summed E-state index contributed by atoms with van der Waals surface area (Å²) < 4.78 is 6.16. The number of ketones is 1. The molecule has 4 nitrogen and oxygen atoms in total. The van der Waals surface area contributed by atoms with Gasteiger partial charge < -0.3 is 14.4 Å². The first kappa shape index (κ1) is 17.5. The Hall–Kier alpha value is -1.84. The Labute approximate surface area is 138 Å². The summed E-state index contributed by atoms with van der Waals surface area (Å²) in [5.41, 5.74) is 0. The lowest BCUT2D eigenvalue weighted by atomic mass is 9.95. The van der Waals surface area contributed by atoms with E-state index in [9.17, 15) is 4.79 Å². The summed E-state index contributed by atoms with van der Waals surface area (Å²) in [7, 11) is 2.08. The van der Waals surface area contributed by atoms with Crippen LogP contribution in [0.5, 0.6) is 5.88 Å². The first-order valence-electron chi connectivity index (χ1n) is 8.47. The Balaban J connectivity index is 2.32. The molecular weight excluding hydrogens is 288 g/mol. The maximum atomic E-state index is 11.4. The molecule has 0 spiro atoms. The van der Waals surface area contributed by atoms with Crippen molar-refractivity contribution in [1.82, 2.24) is 9.88 Å². The first-order valence-corrected chi connectivity index (χ1v) is 8.47. The zero-order chi connectivity index (χ0) is 17.0. The number of hydrogen-bond donors (Lipinski definition) is 0. The molecule has 0 aliphatic carbocycles. The molecule has 0 fully saturated rings. The van der Waals surface area contributed by atoms with Gasteiger partial charge in [0.15, 0.2) is 0 Å². The van der Waals surface area contributed by atoms with Crippen molar-refractivity contribution in [2.24, 2.45) is 5.92 Å². The van der Waals surface area contributed by atoms with Gasteiger partial charge in [-0.25, -0.2) is 4.98 Å². The van der Waals surface area contributed by atoms with Gasteiger partial charge >= 0.3 is 0 Å². The van der Waals surface area contributed by atoms with Gasteiger partial charge in [0.2, 0.25) is 5.88 Å². The Morgan fingerprint density at radius 2 is 2.26 bits per heavy atom. The lowest BCUT2D eigenvalue weighted by molar-refractivity contribution is -0.118. The predicted octanol–water partition coefficient (Wildman–Crippen LogP) is 2.10. The maximum Gasteiger partial charge on any atom is 0.223 e. The molecule has 1 aliphatic heterocycles. The summed E-state index contributed by atoms with van der Waals surface area (Å²) in [6.07, 6.45) is 8.59. The minimum Gasteiger partial charge on any atom is -0.474 e. The smallest absolute Gasteiger partial charge is 0.223 e. The van der Waals surface area contributed by atoms with Gasteiger partial charge in [-0.1, -0.05) is 13.0 Å². The van der Waals surface area contributed by atoms with Crippen LogP contribution < -0.4 is 15.2 Å². The van der Waals surface area contributed by atoms with E-state index in [1.165, 1.54) is 0 Å². The van der Waals surface area contributed by atoms with Gasteiger partial charge in [0, 0.05) is 37.8 Å². The number of aromatic nitrogens is 1. The van der Waals surface area contributed by atoms with Crippen LogP contribution in [0.25, 0.3) is 12.3 Å². The molecule has 0 unspecified atom stereocenters. The molecule has 0 amide bonds. The number of hydrogen-bond acceptors (Lipinski definition) is 4. The average Bonchev–Trinajstić information content (AvgIpc) is 2.65. The number of ether oxygens (including phenoxy) is 1. The Morgan fingerprint density at radius 3 is 2.91 bits per heavy atom. The fourth-order valence-electron chi connectivity index (χ4n) is 2.95. The van der Waals surface area contributed by atoms with Crippen LogP contribution in [0, 0.1) is 5.92 Å². The molecule has 1 aliphatic rings. The summed E-state index contributed by atoms with van der Waals surface area (Å²) in [5, 5.41) is 2.20. The van der Waals surface area contributed by atoms with Crippen LogP contribution in [0.2, 0.25) is 0 Å². The minimum absolute atomic E-state index is 0.0396. The van der Waals surface area contributed by atoms with E-state index in [0.29, 0.717) is 18.3 Å². The third-order valence-corrected chi connectivity index (χ3v) is 4.73. The predicted molar refractivity (Wildman–Crippen MR) is 93.4 cm³/mol. The van der Waals surface area contributed by atoms with Crippen molar-refractivity contribution in [3.8, 4) is 5.88 Å². The van der Waals surface area contributed by atoms with Crippen LogP contribution in [-0.2, 0) is 4.79 Å². The van der Waals surface area contributed by atoms with Crippen molar-refractivity contribution in [2.45, 2.75) is 59.1 Å². The van der Waals surface area contributed by atoms with Gasteiger partial charge in [-0.2, -0.15) is 0 Å². The second-order valence-corrected chi connectivity index (χ2v) is 6.60. The topological polar surface area (TPSA) is 42.4 Å². The van der Waals surface area contributed by atoms with E-state index in [0.717, 1.165) is 23.3 Å². The van der Waals surface area contributed by atoms with E-state index >= 15 is 0 Å². The molecule has 0 bridgehead atoms. The number of carbonyl (C=O) groups excluding carboxylic acids is 1. The lowest BCUT2D eigenvalue weighted by Gasteiger charge is -2.23. The molecule has 0 radical (unpaired) electrons. The lowest BCUT2D eigenvalue weighted by Crippen LogP contribution is -2.34. The molecule has 1 aromatic heterocycles. The minimum atomic E-state index is -0.0396. The van der Waals surface area contributed by atoms with Gasteiger partial charge in [0.25, 0.3) is 0 Å². The molecule has 23 heavy (non-hydrogen) atoms. The van der Waals surface area contributed by atoms with E-state index in [-0.39, 0.29) is 17.8 Å². The highest BCUT2D eigenvalue weighted by Gasteiger charge is 2.20. The number of fused-ring (bicyclic) bond motifs is 1. The summed E-state index contributed by atoms with van der Waals surface area (Å²) in [4.78, 5) is 18.1. The van der Waals surface area contributed by atoms with E-state index in [1.54, 1.807) is 13.1 Å². The van der Waals surface area contributed by atoms with Crippen LogP contribution in [0.1, 0.15) is 47.0 Å². The monoisotopic (exact) mass is 316 g/mol. The van der Waals surface area contributed by atoms with Crippen molar-refractivity contribution in [3.05, 3.63) is 22.7 Å². The van der Waals surface area contributed by atoms with Crippen molar-refractivity contribution < 1.29 is 9.53 Å². The highest BCUT2D eigenvalue weighted by Crippen LogP contribution is 2.18. The van der Waals surface area contributed by atoms with E-state index in [4.69, 9.17) is 4.74 Å². The summed E-state index contributed by atoms with van der Waals surface area (Å²) in [5.74, 6) is 1.09. The Kier molecular flexibility index (Phi) is 5.80. The number of Topliss-reactive ketones (excluding diaryl/α,β-unsaturated/α-hetero) is 1. The van der Waals surface area contributed by atoms with Gasteiger partial charge in [-0.15, -0.1) is 0 Å². The third kappa shape index (κ3) is 4.34. The van der Waals surface area contributed by atoms with Crippen molar-refractivity contribution in [3.63, 3.8) is 0 Å². The molecule has 2 rings (SSSR count). The number of nitrogens with zero attached hydrogens (tertiary/aromatic N) is 2. The normalized spacial score (nSPS) is 19.7. The first-order chi connectivity index (χ1) is 10.9. The number of carbonyl (C=O) groups is 1. The van der Waals surface area contributed by atoms with Gasteiger partial charge in [0.1, 0.15) is 11.9 Å². The molecular formula is C19H28N2O2. The van der Waals surface area contributed by atoms with Crippen LogP contribution in [0.3, 0.4) is 0 Å². The molecule has 0 aromatic carbocycles. The van der Waals surface area contributed by atoms with Gasteiger partial charge in [-0.05, 0) is 44.9 Å². The number of pyridine rings is 1. The zero-order valence-corrected chi connectivity index (χ0v) is 14.9. The second kappa shape index (κ2) is 7.62. The summed E-state index contributed by atoms with van der Waals surface area (Å²) in [6.45, 7) is 7.98. The summed E-state index contributed by atoms with van der Waals surface area (Å²) in [6, 6.07) is 2.48. The molecule has 3 atom stereocenters. The highest BCUT2D eigenvalue weighted by molar-refractivity contribution is 5.75. The standard InChI is InChI=1S/C19H28N2O2/c1-6-16(11-14(3)22)15(4)23-19-18-12-21(5)13(2)7-8-17(18)9-10-20-19/h8-10,12-13,15-16H,6-7,11H2,1-5H3/t13-,15+,16-/m0/s1. The van der Waals surface area contributed by atoms with Crippen LogP contribution >= 0.6 is 0 Å². The van der Waals surface area contributed by atoms with Crippen molar-refractivity contribution in [1.29, 1.82) is 0 Å². The Bertz CT molecular complexity index is 668. The molecule has 0 N–H and O–H groups in total. The molecule has 0 saturated heterocycles. The largest absolute Gasteiger partial charge is 0.474 e. The van der Waals surface area contributed by atoms with E-state index in [1.807, 2.05) is 13.0 Å². The average molecular weight is 316 g/mol. The molecule has 2 heterocycles. The van der Waals surface area contributed by atoms with Crippen LogP contribution in [0.4, 0.5) is 0 Å². The fraction of sp³-hybridized carbons (Fsp3) is 0.579. The fourth-order valence-corrected chi connectivity index (χ4v) is 2.95. The van der Waals surface area contributed by atoms with Gasteiger partial charge in [0.05, 0.1) is 5.22 Å².